The summed E-state index contributed by atoms with van der Waals surface area (Å²) in [6.45, 7) is 2.23. The minimum Gasteiger partial charge on any atom is -0.396 e. The lowest BCUT2D eigenvalue weighted by Gasteiger charge is -2.37. The summed E-state index contributed by atoms with van der Waals surface area (Å²) in [5.74, 6) is 0.347. The number of aliphatic hydroxyl groups excluding tert-OH is 1. The summed E-state index contributed by atoms with van der Waals surface area (Å²) in [5.41, 5.74) is 0.894. The number of hydrogen-bond donors (Lipinski definition) is 2. The van der Waals surface area contributed by atoms with Gasteiger partial charge in [-0.25, -0.2) is 0 Å². The maximum absolute atomic E-state index is 12.0. The molecule has 1 amide bonds. The van der Waals surface area contributed by atoms with Crippen LogP contribution in [-0.2, 0) is 4.79 Å². The monoisotopic (exact) mass is 598 g/mol. The number of rotatable bonds is 4. The number of aliphatic hydroxyl groups is 1. The highest BCUT2D eigenvalue weighted by Gasteiger charge is 2.27. The average molecular weight is 598 g/mol. The molecule has 1 aliphatic rings. The van der Waals surface area contributed by atoms with Crippen LogP contribution in [0.15, 0.2) is 12.1 Å². The van der Waals surface area contributed by atoms with Crippen molar-refractivity contribution in [3.05, 3.63) is 22.8 Å². The summed E-state index contributed by atoms with van der Waals surface area (Å²) in [6, 6.07) is 4.09. The van der Waals surface area contributed by atoms with Gasteiger partial charge in [-0.1, -0.05) is 0 Å². The third-order valence-corrected chi connectivity index (χ3v) is 5.25. The molecule has 4 nitrogen and oxygen atoms in total. The molecule has 104 valence electrons. The van der Waals surface area contributed by atoms with Crippen molar-refractivity contribution in [3.8, 4) is 0 Å². The number of likely N-dealkylation sites (tertiary alicyclic amines) is 1. The van der Waals surface area contributed by atoms with E-state index in [1.54, 1.807) is 0 Å². The molecule has 0 radical (unpaired) electrons. The zero-order valence-corrected chi connectivity index (χ0v) is 16.5. The second kappa shape index (κ2) is 7.18. The average Bonchev–Trinajstić information content (AvgIpc) is 2.27. The minimum atomic E-state index is 0.00781. The number of nitrogens with one attached hydrogen (secondary N) is 1. The quantitative estimate of drug-likeness (QED) is 0.525. The van der Waals surface area contributed by atoms with Crippen molar-refractivity contribution < 1.29 is 9.90 Å². The topological polar surface area (TPSA) is 52.6 Å². The molecule has 0 spiro atoms. The maximum atomic E-state index is 12.0. The second-order valence-electron chi connectivity index (χ2n) is 4.54. The molecule has 0 unspecified atom stereocenters. The van der Waals surface area contributed by atoms with E-state index >= 15 is 0 Å². The van der Waals surface area contributed by atoms with Gasteiger partial charge in [0.05, 0.1) is 12.2 Å². The summed E-state index contributed by atoms with van der Waals surface area (Å²) in [6.07, 6.45) is 0. The second-order valence-corrected chi connectivity index (χ2v) is 8.11. The predicted octanol–water partition coefficient (Wildman–Crippen LogP) is 2.36. The summed E-state index contributed by atoms with van der Waals surface area (Å²) < 4.78 is 3.27. The van der Waals surface area contributed by atoms with Crippen molar-refractivity contribution >= 4 is 79.4 Å². The van der Waals surface area contributed by atoms with Crippen LogP contribution in [0.4, 0.5) is 5.69 Å². The Hall–Kier alpha value is 0.800. The van der Waals surface area contributed by atoms with Gasteiger partial charge in [0.15, 0.2) is 0 Å². The van der Waals surface area contributed by atoms with E-state index in [4.69, 9.17) is 5.11 Å². The number of anilines is 1. The van der Waals surface area contributed by atoms with E-state index in [-0.39, 0.29) is 12.5 Å². The van der Waals surface area contributed by atoms with Gasteiger partial charge < -0.3 is 10.4 Å². The Labute approximate surface area is 153 Å². The van der Waals surface area contributed by atoms with E-state index in [0.717, 1.165) is 29.5 Å². The molecule has 1 aromatic rings. The molecule has 2 rings (SSSR count). The Morgan fingerprint density at radius 3 is 2.42 bits per heavy atom. The number of nitrogens with zero attached hydrogens (tertiary/aromatic N) is 1. The number of carbonyl (C=O) groups excluding carboxylic acids is 1. The van der Waals surface area contributed by atoms with Crippen LogP contribution in [0.3, 0.4) is 0 Å². The van der Waals surface area contributed by atoms with Gasteiger partial charge in [0, 0.05) is 36.3 Å². The molecule has 0 saturated carbocycles. The van der Waals surface area contributed by atoms with Crippen LogP contribution in [0.5, 0.6) is 0 Å². The van der Waals surface area contributed by atoms with Crippen molar-refractivity contribution in [2.75, 3.05) is 31.6 Å². The number of halogens is 3. The molecule has 1 aromatic carbocycles. The molecule has 0 aromatic heterocycles. The van der Waals surface area contributed by atoms with E-state index in [1.165, 1.54) is 0 Å². The minimum absolute atomic E-state index is 0.00781. The first-order valence-corrected chi connectivity index (χ1v) is 9.01. The van der Waals surface area contributed by atoms with Gasteiger partial charge in [-0.2, -0.15) is 0 Å². The first kappa shape index (κ1) is 16.2. The van der Waals surface area contributed by atoms with Crippen LogP contribution in [0.2, 0.25) is 0 Å². The smallest absolute Gasteiger partial charge is 0.238 e. The molecule has 0 aliphatic carbocycles. The summed E-state index contributed by atoms with van der Waals surface area (Å²) in [7, 11) is 0. The van der Waals surface area contributed by atoms with E-state index in [1.807, 2.05) is 17.0 Å². The van der Waals surface area contributed by atoms with Crippen molar-refractivity contribution in [1.29, 1.82) is 0 Å². The Balaban J connectivity index is 1.93. The van der Waals surface area contributed by atoms with Gasteiger partial charge in [-0.15, -0.1) is 0 Å². The van der Waals surface area contributed by atoms with Gasteiger partial charge in [-0.05, 0) is 79.9 Å². The van der Waals surface area contributed by atoms with Gasteiger partial charge in [0.25, 0.3) is 0 Å². The standard InChI is InChI=1S/C12H13I3N2O2/c13-8-1-9(14)12(10(15)2-8)16-11(19)5-17-3-7(4-17)6-18/h1-2,7,18H,3-6H2,(H,16,19). The lowest BCUT2D eigenvalue weighted by atomic mass is 10.0. The first-order chi connectivity index (χ1) is 8.99. The van der Waals surface area contributed by atoms with Crippen LogP contribution >= 0.6 is 67.8 Å². The number of carbonyl (C=O) groups is 1. The van der Waals surface area contributed by atoms with Crippen molar-refractivity contribution in [1.82, 2.24) is 4.90 Å². The van der Waals surface area contributed by atoms with Crippen molar-refractivity contribution in [2.45, 2.75) is 0 Å². The zero-order valence-electron chi connectivity index (χ0n) is 10.00. The van der Waals surface area contributed by atoms with Crippen LogP contribution in [0.1, 0.15) is 0 Å². The largest absolute Gasteiger partial charge is 0.396 e. The van der Waals surface area contributed by atoms with E-state index < -0.39 is 0 Å². The number of benzene rings is 1. The van der Waals surface area contributed by atoms with Crippen LogP contribution in [0, 0.1) is 16.6 Å². The molecule has 0 bridgehead atoms. The van der Waals surface area contributed by atoms with E-state index in [2.05, 4.69) is 73.1 Å². The highest BCUT2D eigenvalue weighted by Crippen LogP contribution is 2.27. The lowest BCUT2D eigenvalue weighted by Crippen LogP contribution is -2.51. The maximum Gasteiger partial charge on any atom is 0.238 e. The molecular formula is C12H13I3N2O2. The van der Waals surface area contributed by atoms with Gasteiger partial charge >= 0.3 is 0 Å². The van der Waals surface area contributed by atoms with Gasteiger partial charge in [0.2, 0.25) is 5.91 Å². The van der Waals surface area contributed by atoms with Gasteiger partial charge in [-0.3, -0.25) is 9.69 Å². The van der Waals surface area contributed by atoms with E-state index in [0.29, 0.717) is 12.5 Å². The molecule has 19 heavy (non-hydrogen) atoms. The highest BCUT2D eigenvalue weighted by atomic mass is 127. The Morgan fingerprint density at radius 2 is 1.89 bits per heavy atom. The van der Waals surface area contributed by atoms with Crippen LogP contribution < -0.4 is 5.32 Å². The van der Waals surface area contributed by atoms with Crippen LogP contribution in [0.25, 0.3) is 0 Å². The molecule has 0 atom stereocenters. The Kier molecular flexibility index (Phi) is 6.11. The fourth-order valence-electron chi connectivity index (χ4n) is 1.97. The molecule has 1 heterocycles. The van der Waals surface area contributed by atoms with Crippen molar-refractivity contribution in [3.63, 3.8) is 0 Å². The summed E-state index contributed by atoms with van der Waals surface area (Å²) in [4.78, 5) is 14.0. The Morgan fingerprint density at radius 1 is 1.32 bits per heavy atom. The highest BCUT2D eigenvalue weighted by molar-refractivity contribution is 14.1. The Bertz CT molecular complexity index is 467. The molecule has 1 aliphatic heterocycles. The summed E-state index contributed by atoms with van der Waals surface area (Å²) in [5, 5.41) is 11.9. The normalized spacial score (nSPS) is 16.2. The fraction of sp³-hybridized carbons (Fsp3) is 0.417. The van der Waals surface area contributed by atoms with Crippen LogP contribution in [-0.4, -0.2) is 42.2 Å². The number of hydrogen-bond acceptors (Lipinski definition) is 3. The molecular weight excluding hydrogens is 585 g/mol. The molecule has 1 fully saturated rings. The summed E-state index contributed by atoms with van der Waals surface area (Å²) >= 11 is 6.75. The lowest BCUT2D eigenvalue weighted by molar-refractivity contribution is -0.119. The van der Waals surface area contributed by atoms with Crippen molar-refractivity contribution in [2.24, 2.45) is 5.92 Å². The molecule has 2 N–H and O–H groups in total. The third kappa shape index (κ3) is 4.38. The number of amides is 1. The van der Waals surface area contributed by atoms with Gasteiger partial charge in [0.1, 0.15) is 0 Å². The first-order valence-electron chi connectivity index (χ1n) is 5.77. The van der Waals surface area contributed by atoms with E-state index in [9.17, 15) is 4.79 Å². The third-order valence-electron chi connectivity index (χ3n) is 2.93. The fourth-order valence-corrected chi connectivity index (χ4v) is 5.82. The predicted molar refractivity (Wildman–Crippen MR) is 100 cm³/mol. The zero-order chi connectivity index (χ0) is 14.0. The molecule has 1 saturated heterocycles. The molecule has 7 heteroatoms. The SMILES string of the molecule is O=C(CN1CC(CO)C1)Nc1c(I)cc(I)cc1I.